The van der Waals surface area contributed by atoms with Gasteiger partial charge in [0.05, 0.1) is 0 Å². The quantitative estimate of drug-likeness (QED) is 0.782. The third kappa shape index (κ3) is 2.24. The second-order valence-corrected chi connectivity index (χ2v) is 7.46. The Labute approximate surface area is 114 Å². The zero-order chi connectivity index (χ0) is 13.6. The summed E-state index contributed by atoms with van der Waals surface area (Å²) in [6.45, 7) is 1.75. The highest BCUT2D eigenvalue weighted by molar-refractivity contribution is 7.86. The highest BCUT2D eigenvalue weighted by Crippen LogP contribution is 2.39. The van der Waals surface area contributed by atoms with E-state index in [9.17, 15) is 13.4 Å². The molecular weight excluding hydrogens is 265 g/mol. The van der Waals surface area contributed by atoms with Gasteiger partial charge in [-0.25, -0.2) is 9.37 Å². The van der Waals surface area contributed by atoms with Gasteiger partial charge in [0.1, 0.15) is 5.69 Å². The van der Waals surface area contributed by atoms with E-state index in [2.05, 4.69) is 4.98 Å². The molecule has 3 nitrogen and oxygen atoms in total. The van der Waals surface area contributed by atoms with E-state index in [0.29, 0.717) is 18.5 Å². The summed E-state index contributed by atoms with van der Waals surface area (Å²) in [6, 6.07) is 2.86. The molecule has 19 heavy (non-hydrogen) atoms. The van der Waals surface area contributed by atoms with E-state index in [0.717, 1.165) is 12.8 Å². The van der Waals surface area contributed by atoms with E-state index in [-0.39, 0.29) is 27.9 Å². The summed E-state index contributed by atoms with van der Waals surface area (Å²) in [5, 5.41) is 0.251. The van der Waals surface area contributed by atoms with E-state index in [1.165, 1.54) is 6.07 Å². The van der Waals surface area contributed by atoms with Crippen molar-refractivity contribution in [1.29, 1.82) is 0 Å². The highest BCUT2D eigenvalue weighted by atomic mass is 32.2. The molecule has 5 heteroatoms. The van der Waals surface area contributed by atoms with Gasteiger partial charge in [-0.1, -0.05) is 0 Å². The molecule has 102 valence electrons. The lowest BCUT2D eigenvalue weighted by molar-refractivity contribution is 0.0896. The number of carbonyl (C=O) groups is 1. The third-order valence-corrected chi connectivity index (χ3v) is 6.32. The summed E-state index contributed by atoms with van der Waals surface area (Å²) >= 11 is 0. The second-order valence-electron chi connectivity index (χ2n) is 5.47. The molecule has 2 aliphatic heterocycles. The van der Waals surface area contributed by atoms with Crippen LogP contribution in [0.25, 0.3) is 0 Å². The van der Waals surface area contributed by atoms with Crippen molar-refractivity contribution in [2.75, 3.05) is 0 Å². The SMILES string of the molecule is Cc1ccc(F)c(C(=O)C2CC3CCC(C2)S3=O)n1. The van der Waals surface area contributed by atoms with Gasteiger partial charge in [0, 0.05) is 32.9 Å². The van der Waals surface area contributed by atoms with Crippen molar-refractivity contribution in [3.8, 4) is 0 Å². The van der Waals surface area contributed by atoms with E-state index in [4.69, 9.17) is 0 Å². The maximum Gasteiger partial charge on any atom is 0.187 e. The molecule has 0 spiro atoms. The van der Waals surface area contributed by atoms with E-state index >= 15 is 0 Å². The monoisotopic (exact) mass is 281 g/mol. The predicted octanol–water partition coefficient (Wildman–Crippen LogP) is 2.40. The van der Waals surface area contributed by atoms with Crippen molar-refractivity contribution in [2.24, 2.45) is 5.92 Å². The topological polar surface area (TPSA) is 47.0 Å². The smallest absolute Gasteiger partial charge is 0.187 e. The summed E-state index contributed by atoms with van der Waals surface area (Å²) in [5.74, 6) is -0.969. The van der Waals surface area contributed by atoms with Crippen LogP contribution in [0.4, 0.5) is 4.39 Å². The first-order valence-electron chi connectivity index (χ1n) is 6.63. The van der Waals surface area contributed by atoms with Crippen LogP contribution in [0.2, 0.25) is 0 Å². The standard InChI is InChI=1S/C14H16FNO2S/c1-8-2-5-12(15)13(16-8)14(17)9-6-10-3-4-11(7-9)19(10)18/h2,5,9-11H,3-4,6-7H2,1H3. The van der Waals surface area contributed by atoms with Crippen LogP contribution < -0.4 is 0 Å². The average molecular weight is 281 g/mol. The number of nitrogens with zero attached hydrogens (tertiary/aromatic N) is 1. The fourth-order valence-corrected chi connectivity index (χ4v) is 5.28. The minimum absolute atomic E-state index is 0.0444. The van der Waals surface area contributed by atoms with E-state index in [1.807, 2.05) is 0 Å². The molecule has 0 aliphatic carbocycles. The molecule has 0 aromatic carbocycles. The molecule has 0 saturated carbocycles. The molecule has 2 bridgehead atoms. The Bertz CT molecular complexity index is 544. The molecule has 3 rings (SSSR count). The number of fused-ring (bicyclic) bond motifs is 2. The number of hydrogen-bond acceptors (Lipinski definition) is 3. The molecule has 2 aliphatic rings. The van der Waals surface area contributed by atoms with Crippen molar-refractivity contribution in [1.82, 2.24) is 4.98 Å². The van der Waals surface area contributed by atoms with Gasteiger partial charge in [-0.15, -0.1) is 0 Å². The summed E-state index contributed by atoms with van der Waals surface area (Å²) in [6.07, 6.45) is 3.11. The predicted molar refractivity (Wildman–Crippen MR) is 70.9 cm³/mol. The largest absolute Gasteiger partial charge is 0.292 e. The molecule has 0 amide bonds. The number of pyridine rings is 1. The van der Waals surface area contributed by atoms with Gasteiger partial charge in [0.25, 0.3) is 0 Å². The van der Waals surface area contributed by atoms with Crippen LogP contribution in [0.5, 0.6) is 0 Å². The van der Waals surface area contributed by atoms with Gasteiger partial charge in [0.2, 0.25) is 0 Å². The summed E-state index contributed by atoms with van der Waals surface area (Å²) in [5.41, 5.74) is 0.601. The Morgan fingerprint density at radius 2 is 1.95 bits per heavy atom. The molecule has 3 heterocycles. The van der Waals surface area contributed by atoms with Gasteiger partial charge < -0.3 is 0 Å². The lowest BCUT2D eigenvalue weighted by Crippen LogP contribution is -2.33. The minimum Gasteiger partial charge on any atom is -0.292 e. The lowest BCUT2D eigenvalue weighted by atomic mass is 9.92. The van der Waals surface area contributed by atoms with Crippen molar-refractivity contribution in [2.45, 2.75) is 43.1 Å². The molecule has 2 unspecified atom stereocenters. The number of Topliss-reactive ketones (excluding diaryl/α,β-unsaturated/α-hetero) is 1. The molecule has 2 atom stereocenters. The lowest BCUT2D eigenvalue weighted by Gasteiger charge is -2.26. The summed E-state index contributed by atoms with van der Waals surface area (Å²) in [4.78, 5) is 16.4. The number of halogens is 1. The maximum atomic E-state index is 13.7. The minimum atomic E-state index is -0.788. The molecule has 2 saturated heterocycles. The molecule has 1 aromatic rings. The van der Waals surface area contributed by atoms with Gasteiger partial charge in [-0.05, 0) is 44.7 Å². The van der Waals surface area contributed by atoms with Crippen LogP contribution >= 0.6 is 0 Å². The number of ketones is 1. The molecule has 0 N–H and O–H groups in total. The second kappa shape index (κ2) is 4.78. The first-order chi connectivity index (χ1) is 9.06. The third-order valence-electron chi connectivity index (χ3n) is 4.15. The summed E-state index contributed by atoms with van der Waals surface area (Å²) < 4.78 is 25.6. The van der Waals surface area contributed by atoms with Crippen molar-refractivity contribution >= 4 is 16.6 Å². The van der Waals surface area contributed by atoms with Gasteiger partial charge in [0.15, 0.2) is 11.6 Å². The van der Waals surface area contributed by atoms with Crippen molar-refractivity contribution in [3.05, 3.63) is 29.3 Å². The Balaban J connectivity index is 1.85. The van der Waals surface area contributed by atoms with Crippen LogP contribution in [0.15, 0.2) is 12.1 Å². The number of hydrogen-bond donors (Lipinski definition) is 0. The molecule has 2 fully saturated rings. The Hall–Kier alpha value is -1.10. The van der Waals surface area contributed by atoms with Crippen LogP contribution in [0.3, 0.4) is 0 Å². The highest BCUT2D eigenvalue weighted by Gasteiger charge is 2.43. The van der Waals surface area contributed by atoms with E-state index in [1.54, 1.807) is 13.0 Å². The van der Waals surface area contributed by atoms with Gasteiger partial charge >= 0.3 is 0 Å². The number of aromatic nitrogens is 1. The van der Waals surface area contributed by atoms with Crippen LogP contribution in [-0.2, 0) is 10.8 Å². The van der Waals surface area contributed by atoms with Crippen molar-refractivity contribution < 1.29 is 13.4 Å². The van der Waals surface area contributed by atoms with Crippen molar-refractivity contribution in [3.63, 3.8) is 0 Å². The number of carbonyl (C=O) groups excluding carboxylic acids is 1. The Morgan fingerprint density at radius 3 is 2.58 bits per heavy atom. The number of rotatable bonds is 2. The maximum absolute atomic E-state index is 13.7. The van der Waals surface area contributed by atoms with Crippen LogP contribution in [0, 0.1) is 18.7 Å². The Morgan fingerprint density at radius 1 is 1.32 bits per heavy atom. The van der Waals surface area contributed by atoms with Crippen LogP contribution in [-0.4, -0.2) is 25.5 Å². The molecular formula is C14H16FNO2S. The molecule has 0 radical (unpaired) electrons. The normalized spacial score (nSPS) is 33.4. The molecule has 1 aromatic heterocycles. The van der Waals surface area contributed by atoms with Gasteiger partial charge in [-0.2, -0.15) is 0 Å². The average Bonchev–Trinajstić information content (AvgIpc) is 2.64. The zero-order valence-corrected chi connectivity index (χ0v) is 11.6. The van der Waals surface area contributed by atoms with Crippen LogP contribution in [0.1, 0.15) is 41.9 Å². The fourth-order valence-electron chi connectivity index (χ4n) is 3.15. The van der Waals surface area contributed by atoms with Gasteiger partial charge in [-0.3, -0.25) is 9.00 Å². The Kier molecular flexibility index (Phi) is 3.25. The first-order valence-corrected chi connectivity index (χ1v) is 7.90. The first kappa shape index (κ1) is 12.9. The van der Waals surface area contributed by atoms with E-state index < -0.39 is 16.6 Å². The fraction of sp³-hybridized carbons (Fsp3) is 0.571. The zero-order valence-electron chi connectivity index (χ0n) is 10.8. The summed E-state index contributed by atoms with van der Waals surface area (Å²) in [7, 11) is -0.788. The number of aryl methyl sites for hydroxylation is 1.